The molecule has 0 amide bonds. The van der Waals surface area contributed by atoms with Crippen molar-refractivity contribution >= 4 is 0 Å². The molecule has 0 saturated carbocycles. The third-order valence-corrected chi connectivity index (χ3v) is 4.53. The number of piperidine rings is 1. The molecule has 2 heterocycles. The van der Waals surface area contributed by atoms with Crippen molar-refractivity contribution in [1.29, 1.82) is 0 Å². The number of nitrogens with one attached hydrogen (secondary N) is 2. The van der Waals surface area contributed by atoms with Gasteiger partial charge in [-0.3, -0.25) is 21.4 Å². The molecule has 2 radical (unpaired) electrons. The van der Waals surface area contributed by atoms with E-state index in [1.54, 1.807) is 30.4 Å². The van der Waals surface area contributed by atoms with Gasteiger partial charge in [0.25, 0.3) is 0 Å². The van der Waals surface area contributed by atoms with Crippen molar-refractivity contribution in [3.8, 4) is 0 Å². The summed E-state index contributed by atoms with van der Waals surface area (Å²) in [6, 6.07) is 0. The van der Waals surface area contributed by atoms with Crippen LogP contribution in [0.2, 0.25) is 0 Å². The van der Waals surface area contributed by atoms with Crippen LogP contribution in [0.3, 0.4) is 0 Å². The average molecular weight is 530 g/mol. The summed E-state index contributed by atoms with van der Waals surface area (Å²) in [6.07, 6.45) is 6.11. The Morgan fingerprint density at radius 1 is 0.935 bits per heavy atom. The van der Waals surface area contributed by atoms with Gasteiger partial charge in [-0.05, 0) is 44.0 Å². The maximum atomic E-state index is 9.65. The molecule has 2 aliphatic heterocycles. The van der Waals surface area contributed by atoms with Gasteiger partial charge in [-0.2, -0.15) is 0 Å². The van der Waals surface area contributed by atoms with Gasteiger partial charge in [-0.15, -0.1) is 42.1 Å². The standard InChI is InChI=1S/C10H16N2.2C4H8N2O2.2Co.H2N/c1-5-11-6-2-9(1)10-3-7-12-8-4-10;2*1-3(5-7)4(2)6-8;;;/h1,10H,2-8H2;2*5,7H,1-2H3;;;1H2/q-2;;;;+2;-1. The summed E-state index contributed by atoms with van der Waals surface area (Å²) in [4.78, 5) is 19.3. The second-order valence-electron chi connectivity index (χ2n) is 6.43. The van der Waals surface area contributed by atoms with E-state index in [2.05, 4.69) is 27.1 Å². The Morgan fingerprint density at radius 3 is 1.68 bits per heavy atom. The molecule has 0 aliphatic carbocycles. The Hall–Kier alpha value is -1.17. The first kappa shape index (κ1) is 37.2. The molecule has 0 spiro atoms. The van der Waals surface area contributed by atoms with Crippen molar-refractivity contribution in [2.24, 2.45) is 16.3 Å². The molecule has 0 unspecified atom stereocenters. The molecule has 1 saturated heterocycles. The Morgan fingerprint density at radius 2 is 1.39 bits per heavy atom. The third kappa shape index (κ3) is 17.1. The minimum Gasteiger partial charge on any atom is -0.693 e. The maximum Gasteiger partial charge on any atom is 2.00 e. The molecule has 0 atom stereocenters. The van der Waals surface area contributed by atoms with Crippen LogP contribution in [-0.2, 0) is 33.6 Å². The normalized spacial score (nSPS) is 16.8. The summed E-state index contributed by atoms with van der Waals surface area (Å²) in [7, 11) is 0. The Labute approximate surface area is 205 Å². The van der Waals surface area contributed by atoms with E-state index in [9.17, 15) is 9.81 Å². The van der Waals surface area contributed by atoms with Crippen LogP contribution in [0.5, 0.6) is 0 Å². The molecular weight excluding hydrogens is 496 g/mol. The Bertz CT molecular complexity index is 551. The predicted octanol–water partition coefficient (Wildman–Crippen LogP) is 5.15. The Balaban J connectivity index is -0.000000175. The summed E-state index contributed by atoms with van der Waals surface area (Å²) < 4.78 is 0. The van der Waals surface area contributed by atoms with E-state index < -0.39 is 0 Å². The maximum absolute atomic E-state index is 9.65. The van der Waals surface area contributed by atoms with E-state index in [0.29, 0.717) is 11.4 Å². The molecule has 0 aromatic rings. The molecular formula is C18H34Co2N7O4-. The van der Waals surface area contributed by atoms with E-state index in [1.807, 2.05) is 0 Å². The van der Waals surface area contributed by atoms with Gasteiger partial charge in [0.2, 0.25) is 0 Å². The van der Waals surface area contributed by atoms with Crippen LogP contribution in [0.15, 0.2) is 44.8 Å². The van der Waals surface area contributed by atoms with Gasteiger partial charge in [0.05, 0.1) is 11.4 Å². The van der Waals surface area contributed by atoms with Crippen molar-refractivity contribution in [3.63, 3.8) is 0 Å². The first-order valence-electron chi connectivity index (χ1n) is 9.18. The average Bonchev–Trinajstić information content (AvgIpc) is 2.78. The molecule has 31 heavy (non-hydrogen) atoms. The third-order valence-electron chi connectivity index (χ3n) is 4.53. The van der Waals surface area contributed by atoms with E-state index in [1.165, 1.54) is 33.1 Å². The Kier molecular flexibility index (Phi) is 28.2. The predicted molar refractivity (Wildman–Crippen MR) is 115 cm³/mol. The van der Waals surface area contributed by atoms with Gasteiger partial charge >= 0.3 is 16.8 Å². The number of hydrogen-bond acceptors (Lipinski definition) is 8. The van der Waals surface area contributed by atoms with Crippen molar-refractivity contribution in [1.82, 2.24) is 11.0 Å². The first-order chi connectivity index (χ1) is 13.4. The first-order valence-corrected chi connectivity index (χ1v) is 9.18. The van der Waals surface area contributed by atoms with Crippen LogP contribution in [0.1, 0.15) is 47.0 Å². The fourth-order valence-corrected chi connectivity index (χ4v) is 2.37. The van der Waals surface area contributed by atoms with Crippen molar-refractivity contribution in [2.45, 2.75) is 47.0 Å². The summed E-state index contributed by atoms with van der Waals surface area (Å²) in [5, 5.41) is 30.1. The molecule has 184 valence electrons. The van der Waals surface area contributed by atoms with Crippen LogP contribution in [0.25, 0.3) is 16.8 Å². The fraction of sp³-hybridized carbons (Fsp3) is 0.667. The summed E-state index contributed by atoms with van der Waals surface area (Å²) in [5.74, 6) is 0.845. The number of nitroso groups, excluding NO2 is 2. The summed E-state index contributed by atoms with van der Waals surface area (Å²) in [6.45, 7) is 10.3. The second kappa shape index (κ2) is 23.5. The minimum absolute atomic E-state index is 0. The monoisotopic (exact) mass is 530 g/mol. The second-order valence-corrected chi connectivity index (χ2v) is 6.43. The molecule has 0 aromatic heterocycles. The van der Waals surface area contributed by atoms with Gasteiger partial charge in [0.1, 0.15) is 11.4 Å². The van der Waals surface area contributed by atoms with Crippen LogP contribution in [0, 0.1) is 15.7 Å². The van der Waals surface area contributed by atoms with Crippen molar-refractivity contribution in [3.05, 3.63) is 61.0 Å². The van der Waals surface area contributed by atoms with E-state index >= 15 is 0 Å². The zero-order valence-corrected chi connectivity index (χ0v) is 20.4. The molecule has 13 heteroatoms. The van der Waals surface area contributed by atoms with Crippen molar-refractivity contribution in [2.75, 3.05) is 26.2 Å². The number of nitrogens with zero attached hydrogens (tertiary/aromatic N) is 4. The fourth-order valence-electron chi connectivity index (χ4n) is 2.37. The molecule has 6 N–H and O–H groups in total. The zero-order chi connectivity index (χ0) is 21.4. The van der Waals surface area contributed by atoms with Gasteiger partial charge in [-0.25, -0.2) is 0 Å². The zero-order valence-electron chi connectivity index (χ0n) is 18.3. The van der Waals surface area contributed by atoms with Crippen molar-refractivity contribution < 1.29 is 44.0 Å². The van der Waals surface area contributed by atoms with Crippen LogP contribution < -0.4 is 11.0 Å². The summed E-state index contributed by atoms with van der Waals surface area (Å²) >= 11 is 0. The van der Waals surface area contributed by atoms with E-state index in [4.69, 9.17) is 10.4 Å². The molecule has 0 bridgehead atoms. The molecule has 1 fully saturated rings. The number of hydroxylamine groups is 2. The number of allylic oxidation sites excluding steroid dienone is 4. The van der Waals surface area contributed by atoms with Crippen LogP contribution in [0.4, 0.5) is 0 Å². The van der Waals surface area contributed by atoms with E-state index in [0.717, 1.165) is 32.1 Å². The minimum atomic E-state index is 0. The molecule has 2 rings (SSSR count). The van der Waals surface area contributed by atoms with Gasteiger partial charge in [0.15, 0.2) is 0 Å². The van der Waals surface area contributed by atoms with Gasteiger partial charge in [-0.1, -0.05) is 24.8 Å². The number of nitrogens with two attached hydrogens (primary N) is 1. The molecule has 2 aliphatic rings. The van der Waals surface area contributed by atoms with Crippen LogP contribution >= 0.6 is 0 Å². The quantitative estimate of drug-likeness (QED) is 0.216. The number of hydrogen-bond donors (Lipinski definition) is 4. The smallest absolute Gasteiger partial charge is 0.693 e. The molecule has 11 nitrogen and oxygen atoms in total. The van der Waals surface area contributed by atoms with Crippen LogP contribution in [-0.4, -0.2) is 36.6 Å². The molecule has 0 aromatic carbocycles. The van der Waals surface area contributed by atoms with Gasteiger partial charge in [0, 0.05) is 16.8 Å². The topological polar surface area (TPSA) is 185 Å². The summed E-state index contributed by atoms with van der Waals surface area (Å²) in [5.41, 5.74) is 6.53. The largest absolute Gasteiger partial charge is 2.00 e. The van der Waals surface area contributed by atoms with Gasteiger partial charge < -0.3 is 16.8 Å². The SMILES string of the molecule is C1=C(C2CC[N-]CC2)CC[N-]C1.CC(N=O)=C(C)NO.CC(N=O)=C(C)NO.[Co+2].[Co].[NH2-]. The van der Waals surface area contributed by atoms with E-state index in [-0.39, 0.29) is 51.1 Å². The number of rotatable bonds is 5.